The molecule has 5 nitrogen and oxygen atoms in total. The van der Waals surface area contributed by atoms with E-state index in [4.69, 9.17) is 5.73 Å². The fourth-order valence-corrected chi connectivity index (χ4v) is 2.88. The number of nitrogens with one attached hydrogen (secondary N) is 1. The van der Waals surface area contributed by atoms with Gasteiger partial charge in [0, 0.05) is 17.3 Å². The van der Waals surface area contributed by atoms with Gasteiger partial charge in [-0.3, -0.25) is 4.72 Å². The maximum Gasteiger partial charge on any atom is 0.263 e. The first kappa shape index (κ1) is 13.9. The van der Waals surface area contributed by atoms with Gasteiger partial charge in [-0.1, -0.05) is 0 Å². The van der Waals surface area contributed by atoms with Crippen molar-refractivity contribution in [2.24, 2.45) is 0 Å². The molecule has 0 atom stereocenters. The fraction of sp³-hybridized carbons (Fsp3) is 0. The van der Waals surface area contributed by atoms with E-state index >= 15 is 0 Å². The third kappa shape index (κ3) is 3.42. The monoisotopic (exact) mass is 334 g/mol. The first-order chi connectivity index (χ1) is 7.58. The molecule has 0 radical (unpaired) electrons. The number of thiazole rings is 1. The van der Waals surface area contributed by atoms with Crippen LogP contribution in [-0.4, -0.2) is 13.4 Å². The molecule has 0 bridgehead atoms. The molecule has 0 spiro atoms. The van der Waals surface area contributed by atoms with Gasteiger partial charge in [-0.15, -0.1) is 11.3 Å². The molecule has 17 heavy (non-hydrogen) atoms. The van der Waals surface area contributed by atoms with Crippen LogP contribution in [0.25, 0.3) is 0 Å². The summed E-state index contributed by atoms with van der Waals surface area (Å²) in [5.41, 5.74) is 6.00. The number of benzene rings is 1. The maximum absolute atomic E-state index is 11.8. The molecule has 1 aromatic heterocycles. The van der Waals surface area contributed by atoms with E-state index in [1.54, 1.807) is 5.38 Å². The minimum atomic E-state index is -3.56. The zero-order valence-electron chi connectivity index (χ0n) is 8.50. The smallest absolute Gasteiger partial charge is 0.263 e. The average molecular weight is 335 g/mol. The summed E-state index contributed by atoms with van der Waals surface area (Å²) in [6.45, 7) is 0. The van der Waals surface area contributed by atoms with Crippen LogP contribution in [-0.2, 0) is 10.0 Å². The van der Waals surface area contributed by atoms with Crippen molar-refractivity contribution in [1.29, 1.82) is 0 Å². The Kier molecular flexibility index (Phi) is 4.49. The lowest BCUT2D eigenvalue weighted by atomic mass is 10.3. The minimum Gasteiger partial charge on any atom is -1.00 e. The van der Waals surface area contributed by atoms with Crippen molar-refractivity contribution in [2.45, 2.75) is 4.90 Å². The molecule has 8 heteroatoms. The molecule has 0 fully saturated rings. The van der Waals surface area contributed by atoms with Crippen LogP contribution in [0.5, 0.6) is 0 Å². The zero-order valence-corrected chi connectivity index (χ0v) is 11.7. The lowest BCUT2D eigenvalue weighted by Crippen LogP contribution is -3.00. The van der Waals surface area contributed by atoms with Gasteiger partial charge >= 0.3 is 0 Å². The maximum atomic E-state index is 11.8. The zero-order chi connectivity index (χ0) is 11.6. The van der Waals surface area contributed by atoms with Gasteiger partial charge in [0.2, 0.25) is 0 Å². The summed E-state index contributed by atoms with van der Waals surface area (Å²) in [6, 6.07) is 5.98. The van der Waals surface area contributed by atoms with Gasteiger partial charge in [0.05, 0.1) is 4.90 Å². The van der Waals surface area contributed by atoms with Crippen molar-refractivity contribution in [1.82, 2.24) is 4.98 Å². The Balaban J connectivity index is 0.00000144. The number of aromatic nitrogens is 1. The molecule has 2 rings (SSSR count). The third-order valence-electron chi connectivity index (χ3n) is 1.84. The number of halogens is 1. The number of rotatable bonds is 3. The van der Waals surface area contributed by atoms with E-state index in [0.29, 0.717) is 10.8 Å². The topological polar surface area (TPSA) is 85.1 Å². The highest BCUT2D eigenvalue weighted by Gasteiger charge is 2.14. The van der Waals surface area contributed by atoms with Crippen molar-refractivity contribution in [2.75, 3.05) is 10.5 Å². The van der Waals surface area contributed by atoms with E-state index in [9.17, 15) is 8.42 Å². The van der Waals surface area contributed by atoms with Crippen LogP contribution < -0.4 is 27.4 Å². The van der Waals surface area contributed by atoms with Crippen molar-refractivity contribution in [3.05, 3.63) is 35.8 Å². The van der Waals surface area contributed by atoms with Crippen molar-refractivity contribution < 1.29 is 25.4 Å². The van der Waals surface area contributed by atoms with Gasteiger partial charge in [-0.25, -0.2) is 13.4 Å². The van der Waals surface area contributed by atoms with Crippen LogP contribution in [0.4, 0.5) is 10.8 Å². The Morgan fingerprint density at radius 3 is 2.41 bits per heavy atom. The Hall–Kier alpha value is -1.12. The van der Waals surface area contributed by atoms with E-state index in [0.717, 1.165) is 0 Å². The fourth-order valence-electron chi connectivity index (χ4n) is 1.09. The highest BCUT2D eigenvalue weighted by Crippen LogP contribution is 2.18. The summed E-state index contributed by atoms with van der Waals surface area (Å²) < 4.78 is 26.0. The van der Waals surface area contributed by atoms with Crippen LogP contribution in [0, 0.1) is 0 Å². The quantitative estimate of drug-likeness (QED) is 0.671. The van der Waals surface area contributed by atoms with Crippen LogP contribution in [0.1, 0.15) is 0 Å². The van der Waals surface area contributed by atoms with Gasteiger partial charge in [0.25, 0.3) is 10.0 Å². The van der Waals surface area contributed by atoms with Gasteiger partial charge < -0.3 is 22.7 Å². The normalized spacial score (nSPS) is 10.6. The summed E-state index contributed by atoms with van der Waals surface area (Å²) in [4.78, 5) is 4.01. The van der Waals surface area contributed by atoms with Gasteiger partial charge in [-0.05, 0) is 24.3 Å². The molecule has 2 aromatic rings. The summed E-state index contributed by atoms with van der Waals surface area (Å²) in [5.74, 6) is 0. The molecule has 0 saturated heterocycles. The summed E-state index contributed by atoms with van der Waals surface area (Å²) >= 11 is 1.22. The molecule has 0 unspecified atom stereocenters. The summed E-state index contributed by atoms with van der Waals surface area (Å²) in [6.07, 6.45) is 1.53. The van der Waals surface area contributed by atoms with Gasteiger partial charge in [0.1, 0.15) is 0 Å². The number of nitrogen functional groups attached to an aromatic ring is 1. The lowest BCUT2D eigenvalue weighted by molar-refractivity contribution is -0.00000566. The predicted molar refractivity (Wildman–Crippen MR) is 63.8 cm³/mol. The highest BCUT2D eigenvalue weighted by molar-refractivity contribution is 7.93. The van der Waals surface area contributed by atoms with Crippen molar-refractivity contribution >= 4 is 32.2 Å². The second kappa shape index (κ2) is 5.48. The van der Waals surface area contributed by atoms with E-state index < -0.39 is 10.0 Å². The standard InChI is InChI=1S/C9H9N3O2S2.BrH/c10-7-1-3-8(4-2-7)16(13,14)12-9-11-5-6-15-9;/h1-6H,10H2,(H,11,12);1H/p-1. The molecule has 92 valence electrons. The first-order valence-corrected chi connectivity index (χ1v) is 6.72. The molecule has 3 N–H and O–H groups in total. The van der Waals surface area contributed by atoms with Gasteiger partial charge in [0.15, 0.2) is 5.13 Å². The van der Waals surface area contributed by atoms with E-state index in [-0.39, 0.29) is 21.9 Å². The Labute approximate surface area is 114 Å². The number of hydrogen-bond donors (Lipinski definition) is 2. The molecular weight excluding hydrogens is 326 g/mol. The Bertz CT molecular complexity index is 567. The number of nitrogens with two attached hydrogens (primary N) is 1. The largest absolute Gasteiger partial charge is 1.00 e. The molecule has 0 amide bonds. The SMILES string of the molecule is Nc1ccc(S(=O)(=O)Nc2nccs2)cc1.[Br-]. The second-order valence-corrected chi connectivity index (χ2v) is 5.59. The Morgan fingerprint density at radius 1 is 1.24 bits per heavy atom. The first-order valence-electron chi connectivity index (χ1n) is 4.36. The van der Waals surface area contributed by atoms with Crippen LogP contribution in [0.2, 0.25) is 0 Å². The van der Waals surface area contributed by atoms with Crippen molar-refractivity contribution in [3.8, 4) is 0 Å². The van der Waals surface area contributed by atoms with E-state index in [2.05, 4.69) is 9.71 Å². The number of sulfonamides is 1. The molecular formula is C9H9BrN3O2S2-. The van der Waals surface area contributed by atoms with Crippen LogP contribution in [0.15, 0.2) is 40.7 Å². The van der Waals surface area contributed by atoms with Crippen LogP contribution >= 0.6 is 11.3 Å². The predicted octanol–water partition coefficient (Wildman–Crippen LogP) is -1.47. The number of anilines is 2. The molecule has 1 aromatic carbocycles. The van der Waals surface area contributed by atoms with Gasteiger partial charge in [-0.2, -0.15) is 0 Å². The van der Waals surface area contributed by atoms with Crippen LogP contribution in [0.3, 0.4) is 0 Å². The highest BCUT2D eigenvalue weighted by atomic mass is 79.9. The second-order valence-electron chi connectivity index (χ2n) is 3.01. The van der Waals surface area contributed by atoms with E-state index in [1.807, 2.05) is 0 Å². The van der Waals surface area contributed by atoms with Crippen molar-refractivity contribution in [3.63, 3.8) is 0 Å². The average Bonchev–Trinajstić information content (AvgIpc) is 2.70. The van der Waals surface area contributed by atoms with E-state index in [1.165, 1.54) is 41.8 Å². The minimum absolute atomic E-state index is 0. The summed E-state index contributed by atoms with van der Waals surface area (Å²) in [5, 5.41) is 2.04. The number of nitrogens with zero attached hydrogens (tertiary/aromatic N) is 1. The molecule has 0 aliphatic heterocycles. The summed E-state index contributed by atoms with van der Waals surface area (Å²) in [7, 11) is -3.56. The lowest BCUT2D eigenvalue weighted by Gasteiger charge is -2.04. The molecule has 0 saturated carbocycles. The Morgan fingerprint density at radius 2 is 1.88 bits per heavy atom. The molecule has 0 aliphatic carbocycles. The molecule has 1 heterocycles. The molecule has 0 aliphatic rings. The number of hydrogen-bond acceptors (Lipinski definition) is 5. The third-order valence-corrected chi connectivity index (χ3v) is 4.02.